The van der Waals surface area contributed by atoms with Gasteiger partial charge < -0.3 is 15.6 Å². The predicted molar refractivity (Wildman–Crippen MR) is 83.2 cm³/mol. The summed E-state index contributed by atoms with van der Waals surface area (Å²) in [7, 11) is 0. The van der Waals surface area contributed by atoms with Gasteiger partial charge in [-0.15, -0.1) is 11.8 Å². The Morgan fingerprint density at radius 3 is 2.50 bits per heavy atom. The van der Waals surface area contributed by atoms with Crippen LogP contribution in [0, 0.1) is 0 Å². The molecule has 3 N–H and O–H groups in total. The molecule has 0 spiro atoms. The van der Waals surface area contributed by atoms with E-state index in [2.05, 4.69) is 13.0 Å². The number of benzene rings is 2. The first-order chi connectivity index (χ1) is 9.78. The van der Waals surface area contributed by atoms with Crippen molar-refractivity contribution in [3.63, 3.8) is 0 Å². The van der Waals surface area contributed by atoms with Crippen LogP contribution in [0.3, 0.4) is 0 Å². The van der Waals surface area contributed by atoms with Crippen molar-refractivity contribution in [1.82, 2.24) is 0 Å². The van der Waals surface area contributed by atoms with Crippen molar-refractivity contribution in [3.05, 3.63) is 53.6 Å². The zero-order valence-corrected chi connectivity index (χ0v) is 12.3. The fraction of sp³-hybridized carbons (Fsp3) is 0.250. The Hall–Kier alpha value is -1.49. The lowest BCUT2D eigenvalue weighted by Crippen LogP contribution is -2.01. The van der Waals surface area contributed by atoms with Crippen LogP contribution in [-0.2, 0) is 13.2 Å². The molecular formula is C16H19NO2S. The van der Waals surface area contributed by atoms with Crippen LogP contribution in [0.4, 0.5) is 0 Å². The highest BCUT2D eigenvalue weighted by Crippen LogP contribution is 2.32. The molecule has 0 fully saturated rings. The van der Waals surface area contributed by atoms with E-state index in [-0.39, 0.29) is 6.61 Å². The van der Waals surface area contributed by atoms with Gasteiger partial charge in [0, 0.05) is 17.0 Å². The van der Waals surface area contributed by atoms with Crippen LogP contribution in [0.25, 0.3) is 0 Å². The second-order valence-corrected chi connectivity index (χ2v) is 5.58. The summed E-state index contributed by atoms with van der Waals surface area (Å²) in [5, 5.41) is 9.04. The summed E-state index contributed by atoms with van der Waals surface area (Å²) >= 11 is 1.76. The minimum Gasteiger partial charge on any atom is -0.457 e. The zero-order chi connectivity index (χ0) is 14.4. The van der Waals surface area contributed by atoms with E-state index in [1.165, 1.54) is 4.90 Å². The van der Waals surface area contributed by atoms with Crippen molar-refractivity contribution >= 4 is 11.8 Å². The van der Waals surface area contributed by atoms with Crippen LogP contribution in [0.2, 0.25) is 0 Å². The van der Waals surface area contributed by atoms with Crippen molar-refractivity contribution in [1.29, 1.82) is 0 Å². The smallest absolute Gasteiger partial charge is 0.133 e. The minimum atomic E-state index is 0.0386. The molecule has 0 atom stereocenters. The molecule has 2 aromatic carbocycles. The van der Waals surface area contributed by atoms with Crippen LogP contribution < -0.4 is 10.5 Å². The molecule has 2 rings (SSSR count). The van der Waals surface area contributed by atoms with Crippen LogP contribution in [-0.4, -0.2) is 10.9 Å². The second kappa shape index (κ2) is 7.33. The fourth-order valence-corrected chi connectivity index (χ4v) is 2.77. The van der Waals surface area contributed by atoms with Gasteiger partial charge in [0.25, 0.3) is 0 Å². The van der Waals surface area contributed by atoms with E-state index in [1.807, 2.05) is 36.4 Å². The van der Waals surface area contributed by atoms with E-state index in [9.17, 15) is 0 Å². The van der Waals surface area contributed by atoms with Crippen molar-refractivity contribution < 1.29 is 9.84 Å². The Morgan fingerprint density at radius 1 is 1.15 bits per heavy atom. The van der Waals surface area contributed by atoms with Gasteiger partial charge in [-0.25, -0.2) is 0 Å². The monoisotopic (exact) mass is 289 g/mol. The molecule has 4 heteroatoms. The van der Waals surface area contributed by atoms with E-state index >= 15 is 0 Å². The highest BCUT2D eigenvalue weighted by molar-refractivity contribution is 7.99. The Morgan fingerprint density at radius 2 is 1.90 bits per heavy atom. The molecule has 0 bridgehead atoms. The molecule has 0 heterocycles. The molecule has 0 amide bonds. The van der Waals surface area contributed by atoms with Gasteiger partial charge in [-0.3, -0.25) is 0 Å². The third-order valence-corrected chi connectivity index (χ3v) is 3.91. The lowest BCUT2D eigenvalue weighted by atomic mass is 10.2. The van der Waals surface area contributed by atoms with E-state index in [0.29, 0.717) is 6.54 Å². The van der Waals surface area contributed by atoms with Gasteiger partial charge in [-0.2, -0.15) is 0 Å². The molecule has 0 aliphatic carbocycles. The summed E-state index contributed by atoms with van der Waals surface area (Å²) in [4.78, 5) is 1.17. The van der Waals surface area contributed by atoms with E-state index < -0.39 is 0 Å². The van der Waals surface area contributed by atoms with Crippen LogP contribution in [0.15, 0.2) is 47.4 Å². The molecular weight excluding hydrogens is 270 g/mol. The number of ether oxygens (including phenoxy) is 1. The Labute approximate surface area is 123 Å². The molecule has 0 unspecified atom stereocenters. The first kappa shape index (κ1) is 14.9. The van der Waals surface area contributed by atoms with Gasteiger partial charge in [0.15, 0.2) is 0 Å². The lowest BCUT2D eigenvalue weighted by Gasteiger charge is -2.13. The fourth-order valence-electron chi connectivity index (χ4n) is 1.92. The number of hydrogen-bond donors (Lipinski definition) is 2. The molecule has 3 nitrogen and oxygen atoms in total. The summed E-state index contributed by atoms with van der Waals surface area (Å²) in [6.07, 6.45) is 0. The summed E-state index contributed by atoms with van der Waals surface area (Å²) in [6, 6.07) is 13.4. The number of aliphatic hydroxyl groups excluding tert-OH is 1. The average molecular weight is 289 g/mol. The highest BCUT2D eigenvalue weighted by atomic mass is 32.2. The standard InChI is InChI=1S/C16H19NO2S/c1-2-20-16-5-3-4-15(14(16)10-17)19-13-8-6-12(11-18)7-9-13/h3-9,18H,2,10-11,17H2,1H3. The zero-order valence-electron chi connectivity index (χ0n) is 11.5. The Bertz CT molecular complexity index is 555. The van der Waals surface area contributed by atoms with Gasteiger partial charge in [-0.05, 0) is 35.6 Å². The van der Waals surface area contributed by atoms with Gasteiger partial charge in [0.2, 0.25) is 0 Å². The minimum absolute atomic E-state index is 0.0386. The number of hydrogen-bond acceptors (Lipinski definition) is 4. The highest BCUT2D eigenvalue weighted by Gasteiger charge is 2.09. The molecule has 106 valence electrons. The van der Waals surface area contributed by atoms with Gasteiger partial charge in [-0.1, -0.05) is 25.1 Å². The maximum Gasteiger partial charge on any atom is 0.133 e. The summed E-state index contributed by atoms with van der Waals surface area (Å²) in [5.74, 6) is 2.54. The molecule has 20 heavy (non-hydrogen) atoms. The SMILES string of the molecule is CCSc1cccc(Oc2ccc(CO)cc2)c1CN. The third kappa shape index (κ3) is 3.54. The maximum atomic E-state index is 9.04. The van der Waals surface area contributed by atoms with Crippen molar-refractivity contribution in [3.8, 4) is 11.5 Å². The summed E-state index contributed by atoms with van der Waals surface area (Å²) in [6.45, 7) is 2.61. The maximum absolute atomic E-state index is 9.04. The van der Waals surface area contributed by atoms with Crippen molar-refractivity contribution in [2.75, 3.05) is 5.75 Å². The van der Waals surface area contributed by atoms with Gasteiger partial charge in [0.1, 0.15) is 11.5 Å². The summed E-state index contributed by atoms with van der Waals surface area (Å²) in [5.41, 5.74) is 7.75. The van der Waals surface area contributed by atoms with Crippen molar-refractivity contribution in [2.24, 2.45) is 5.73 Å². The number of rotatable bonds is 6. The lowest BCUT2D eigenvalue weighted by molar-refractivity contribution is 0.281. The molecule has 0 radical (unpaired) electrons. The summed E-state index contributed by atoms with van der Waals surface area (Å²) < 4.78 is 5.91. The quantitative estimate of drug-likeness (QED) is 0.799. The van der Waals surface area contributed by atoms with Gasteiger partial charge in [0.05, 0.1) is 6.61 Å². The van der Waals surface area contributed by atoms with E-state index in [1.54, 1.807) is 11.8 Å². The molecule has 0 aromatic heterocycles. The number of thioether (sulfide) groups is 1. The van der Waals surface area contributed by atoms with Crippen molar-refractivity contribution in [2.45, 2.75) is 25.0 Å². The normalized spacial score (nSPS) is 10.6. The first-order valence-corrected chi connectivity index (χ1v) is 7.59. The number of aliphatic hydroxyl groups is 1. The largest absolute Gasteiger partial charge is 0.457 e. The third-order valence-electron chi connectivity index (χ3n) is 2.93. The van der Waals surface area contributed by atoms with Crippen LogP contribution in [0.5, 0.6) is 11.5 Å². The van der Waals surface area contributed by atoms with Crippen LogP contribution in [0.1, 0.15) is 18.1 Å². The van der Waals surface area contributed by atoms with E-state index in [0.717, 1.165) is 28.4 Å². The molecule has 0 aliphatic heterocycles. The predicted octanol–water partition coefficient (Wildman–Crippen LogP) is 3.54. The number of nitrogens with two attached hydrogens (primary N) is 1. The van der Waals surface area contributed by atoms with Gasteiger partial charge >= 0.3 is 0 Å². The molecule has 0 saturated carbocycles. The average Bonchev–Trinajstić information content (AvgIpc) is 2.49. The van der Waals surface area contributed by atoms with Crippen LogP contribution >= 0.6 is 11.8 Å². The Kier molecular flexibility index (Phi) is 5.47. The Balaban J connectivity index is 2.25. The van der Waals surface area contributed by atoms with E-state index in [4.69, 9.17) is 15.6 Å². The first-order valence-electron chi connectivity index (χ1n) is 6.61. The molecule has 0 aliphatic rings. The second-order valence-electron chi connectivity index (χ2n) is 4.27. The topological polar surface area (TPSA) is 55.5 Å². The molecule has 0 saturated heterocycles. The molecule has 2 aromatic rings.